The van der Waals surface area contributed by atoms with E-state index >= 15 is 0 Å². The molecule has 1 aromatic heterocycles. The highest BCUT2D eigenvalue weighted by atomic mass is 32.2. The molecule has 3 aromatic rings. The molecule has 0 aliphatic carbocycles. The molecule has 0 radical (unpaired) electrons. The standard InChI is InChI=1S/C17H16N6OS/c1-3-11(17-18-21-22-19-17)9-12(4-1)24-13-6-7-14-15(10-13)25-20-16-5-2-8-23(14)16/h1,3-4,6-7,9-10,16,20H,2,5,8H2,(H,18,19,21,22). The third-order valence-electron chi connectivity index (χ3n) is 4.47. The van der Waals surface area contributed by atoms with Crippen molar-refractivity contribution in [2.45, 2.75) is 23.9 Å². The first-order valence-electron chi connectivity index (χ1n) is 8.22. The summed E-state index contributed by atoms with van der Waals surface area (Å²) in [5, 5.41) is 14.1. The molecule has 1 saturated heterocycles. The molecule has 25 heavy (non-hydrogen) atoms. The second-order valence-corrected chi connectivity index (χ2v) is 6.95. The van der Waals surface area contributed by atoms with Crippen LogP contribution in [0.15, 0.2) is 47.4 Å². The first kappa shape index (κ1) is 14.7. The van der Waals surface area contributed by atoms with Crippen LogP contribution in [0.5, 0.6) is 11.5 Å². The fraction of sp³-hybridized carbons (Fsp3) is 0.235. The Bertz CT molecular complexity index is 900. The molecule has 3 heterocycles. The van der Waals surface area contributed by atoms with Crippen LogP contribution in [0.4, 0.5) is 5.69 Å². The Hall–Kier alpha value is -2.58. The molecule has 7 nitrogen and oxygen atoms in total. The summed E-state index contributed by atoms with van der Waals surface area (Å²) >= 11 is 1.69. The van der Waals surface area contributed by atoms with E-state index in [1.165, 1.54) is 23.4 Å². The van der Waals surface area contributed by atoms with E-state index in [-0.39, 0.29) is 0 Å². The number of hydrogen-bond donors (Lipinski definition) is 2. The lowest BCUT2D eigenvalue weighted by molar-refractivity contribution is 0.481. The molecular formula is C17H16N6OS. The predicted molar refractivity (Wildman–Crippen MR) is 95.5 cm³/mol. The predicted octanol–water partition coefficient (Wildman–Crippen LogP) is 3.20. The Morgan fingerprint density at radius 1 is 1.16 bits per heavy atom. The van der Waals surface area contributed by atoms with Gasteiger partial charge in [-0.1, -0.05) is 12.1 Å². The highest BCUT2D eigenvalue weighted by molar-refractivity contribution is 7.97. The van der Waals surface area contributed by atoms with E-state index in [9.17, 15) is 0 Å². The smallest absolute Gasteiger partial charge is 0.204 e. The summed E-state index contributed by atoms with van der Waals surface area (Å²) in [6.45, 7) is 1.11. The minimum absolute atomic E-state index is 0.455. The second kappa shape index (κ2) is 6.05. The van der Waals surface area contributed by atoms with E-state index in [2.05, 4.69) is 42.4 Å². The number of ether oxygens (including phenoxy) is 1. The normalized spacial score (nSPS) is 18.7. The van der Waals surface area contributed by atoms with Crippen LogP contribution >= 0.6 is 11.9 Å². The fourth-order valence-corrected chi connectivity index (χ4v) is 4.28. The topological polar surface area (TPSA) is 79.0 Å². The zero-order valence-corrected chi connectivity index (χ0v) is 14.2. The van der Waals surface area contributed by atoms with Crippen molar-refractivity contribution in [2.24, 2.45) is 0 Å². The number of hydrogen-bond acceptors (Lipinski definition) is 7. The van der Waals surface area contributed by atoms with E-state index in [0.717, 1.165) is 23.6 Å². The Labute approximate surface area is 148 Å². The number of benzene rings is 2. The molecule has 1 atom stereocenters. The van der Waals surface area contributed by atoms with Crippen molar-refractivity contribution in [3.8, 4) is 22.9 Å². The maximum absolute atomic E-state index is 6.05. The van der Waals surface area contributed by atoms with Gasteiger partial charge in [-0.3, -0.25) is 0 Å². The summed E-state index contributed by atoms with van der Waals surface area (Å²) in [6, 6.07) is 13.9. The molecule has 2 aliphatic rings. The second-order valence-electron chi connectivity index (χ2n) is 6.07. The number of aromatic amines is 1. The highest BCUT2D eigenvalue weighted by Gasteiger charge is 2.30. The molecule has 1 unspecified atom stereocenters. The van der Waals surface area contributed by atoms with Gasteiger partial charge in [0.15, 0.2) is 0 Å². The van der Waals surface area contributed by atoms with Gasteiger partial charge in [-0.25, -0.2) is 4.72 Å². The van der Waals surface area contributed by atoms with Gasteiger partial charge in [-0.15, -0.1) is 10.2 Å². The average molecular weight is 352 g/mol. The van der Waals surface area contributed by atoms with E-state index in [1.54, 1.807) is 11.9 Å². The molecule has 0 saturated carbocycles. The number of tetrazole rings is 1. The van der Waals surface area contributed by atoms with Crippen LogP contribution in [-0.4, -0.2) is 33.3 Å². The first-order chi connectivity index (χ1) is 12.4. The summed E-state index contributed by atoms with van der Waals surface area (Å²) in [7, 11) is 0. The minimum Gasteiger partial charge on any atom is -0.457 e. The molecule has 0 bridgehead atoms. The Morgan fingerprint density at radius 2 is 2.12 bits per heavy atom. The number of nitrogens with one attached hydrogen (secondary N) is 2. The molecule has 2 aliphatic heterocycles. The summed E-state index contributed by atoms with van der Waals surface area (Å²) in [5.41, 5.74) is 2.15. The van der Waals surface area contributed by atoms with Crippen molar-refractivity contribution in [2.75, 3.05) is 11.4 Å². The largest absolute Gasteiger partial charge is 0.457 e. The van der Waals surface area contributed by atoms with Gasteiger partial charge in [0, 0.05) is 17.0 Å². The van der Waals surface area contributed by atoms with E-state index in [4.69, 9.17) is 4.74 Å². The Morgan fingerprint density at radius 3 is 3.04 bits per heavy atom. The van der Waals surface area contributed by atoms with E-state index < -0.39 is 0 Å². The van der Waals surface area contributed by atoms with Crippen molar-refractivity contribution in [3.05, 3.63) is 42.5 Å². The number of H-pyrrole nitrogens is 1. The molecule has 2 N–H and O–H groups in total. The van der Waals surface area contributed by atoms with Gasteiger partial charge in [0.25, 0.3) is 0 Å². The number of fused-ring (bicyclic) bond motifs is 3. The summed E-state index contributed by atoms with van der Waals surface area (Å²) < 4.78 is 9.56. The zero-order chi connectivity index (χ0) is 16.6. The zero-order valence-electron chi connectivity index (χ0n) is 13.3. The van der Waals surface area contributed by atoms with Crippen molar-refractivity contribution in [3.63, 3.8) is 0 Å². The average Bonchev–Trinajstić information content (AvgIpc) is 3.33. The number of rotatable bonds is 3. The molecule has 126 valence electrons. The SMILES string of the molecule is c1cc(Oc2ccc3c(c2)SNC2CCCN32)cc(-c2nn[nH]n2)c1. The molecule has 5 rings (SSSR count). The van der Waals surface area contributed by atoms with Crippen molar-refractivity contribution < 1.29 is 4.74 Å². The summed E-state index contributed by atoms with van der Waals surface area (Å²) in [5.74, 6) is 2.11. The number of aromatic nitrogens is 4. The third-order valence-corrected chi connectivity index (χ3v) is 5.41. The Balaban J connectivity index is 1.41. The van der Waals surface area contributed by atoms with Gasteiger partial charge in [-0.2, -0.15) is 5.21 Å². The van der Waals surface area contributed by atoms with E-state index in [1.807, 2.05) is 30.3 Å². The van der Waals surface area contributed by atoms with E-state index in [0.29, 0.717) is 12.0 Å². The van der Waals surface area contributed by atoms with Crippen LogP contribution in [0.1, 0.15) is 12.8 Å². The van der Waals surface area contributed by atoms with Gasteiger partial charge in [0.2, 0.25) is 5.82 Å². The number of anilines is 1. The third kappa shape index (κ3) is 2.73. The van der Waals surface area contributed by atoms with Crippen molar-refractivity contribution in [1.82, 2.24) is 25.3 Å². The molecule has 8 heteroatoms. The lowest BCUT2D eigenvalue weighted by Crippen LogP contribution is -2.41. The lowest BCUT2D eigenvalue weighted by atomic mass is 10.2. The quantitative estimate of drug-likeness (QED) is 0.701. The first-order valence-corrected chi connectivity index (χ1v) is 9.03. The molecular weight excluding hydrogens is 336 g/mol. The van der Waals surface area contributed by atoms with Crippen LogP contribution in [-0.2, 0) is 0 Å². The monoisotopic (exact) mass is 352 g/mol. The molecule has 1 fully saturated rings. The van der Waals surface area contributed by atoms with Crippen LogP contribution in [0.3, 0.4) is 0 Å². The van der Waals surface area contributed by atoms with Crippen LogP contribution in [0.25, 0.3) is 11.4 Å². The van der Waals surface area contributed by atoms with Gasteiger partial charge in [-0.05, 0) is 60.3 Å². The maximum atomic E-state index is 6.05. The molecule has 0 amide bonds. The van der Waals surface area contributed by atoms with Crippen LogP contribution < -0.4 is 14.4 Å². The van der Waals surface area contributed by atoms with Gasteiger partial charge in [0.1, 0.15) is 11.5 Å². The Kier molecular flexibility index (Phi) is 3.57. The van der Waals surface area contributed by atoms with Crippen LogP contribution in [0, 0.1) is 0 Å². The maximum Gasteiger partial charge on any atom is 0.204 e. The van der Waals surface area contributed by atoms with Gasteiger partial charge < -0.3 is 9.64 Å². The fourth-order valence-electron chi connectivity index (χ4n) is 3.30. The highest BCUT2D eigenvalue weighted by Crippen LogP contribution is 2.41. The van der Waals surface area contributed by atoms with Crippen molar-refractivity contribution in [1.29, 1.82) is 0 Å². The number of nitrogens with zero attached hydrogens (tertiary/aromatic N) is 4. The van der Waals surface area contributed by atoms with Crippen LogP contribution in [0.2, 0.25) is 0 Å². The molecule has 0 spiro atoms. The van der Waals surface area contributed by atoms with Crippen molar-refractivity contribution >= 4 is 17.6 Å². The summed E-state index contributed by atoms with van der Waals surface area (Å²) in [4.78, 5) is 3.64. The summed E-state index contributed by atoms with van der Waals surface area (Å²) in [6.07, 6.45) is 2.89. The molecule has 2 aromatic carbocycles. The minimum atomic E-state index is 0.455. The lowest BCUT2D eigenvalue weighted by Gasteiger charge is -2.33. The van der Waals surface area contributed by atoms with Gasteiger partial charge >= 0.3 is 0 Å². The van der Waals surface area contributed by atoms with Gasteiger partial charge in [0.05, 0.1) is 11.9 Å².